The number of rotatable bonds is 13. The quantitative estimate of drug-likeness (QED) is 0.219. The van der Waals surface area contributed by atoms with E-state index in [1.54, 1.807) is 6.07 Å². The lowest BCUT2D eigenvalue weighted by Gasteiger charge is -2.43. The first-order valence-electron chi connectivity index (χ1n) is 20.1. The number of aromatic nitrogens is 2. The van der Waals surface area contributed by atoms with Crippen LogP contribution in [-0.4, -0.2) is 104 Å². The van der Waals surface area contributed by atoms with E-state index in [4.69, 9.17) is 0 Å². The van der Waals surface area contributed by atoms with Gasteiger partial charge in [-0.15, -0.1) is 11.8 Å². The summed E-state index contributed by atoms with van der Waals surface area (Å²) in [5.41, 5.74) is -0.00670. The Morgan fingerprint density at radius 1 is 1.00 bits per heavy atom. The molecule has 308 valence electrons. The van der Waals surface area contributed by atoms with Gasteiger partial charge < -0.3 is 26.2 Å². The van der Waals surface area contributed by atoms with E-state index in [-0.39, 0.29) is 42.9 Å². The molecule has 6 rings (SSSR count). The maximum Gasteiger partial charge on any atom is 0.289 e. The minimum atomic E-state index is -1.13. The topological polar surface area (TPSA) is 183 Å². The second-order valence-electron chi connectivity index (χ2n) is 17.1. The van der Waals surface area contributed by atoms with Crippen molar-refractivity contribution in [1.29, 1.82) is 0 Å². The van der Waals surface area contributed by atoms with Crippen LogP contribution in [0.25, 0.3) is 0 Å². The van der Waals surface area contributed by atoms with Crippen molar-refractivity contribution in [2.75, 3.05) is 13.6 Å². The van der Waals surface area contributed by atoms with Crippen molar-refractivity contribution in [3.8, 4) is 0 Å². The molecule has 2 aromatic rings. The highest BCUT2D eigenvalue weighted by Gasteiger charge is 2.55. The van der Waals surface area contributed by atoms with E-state index in [0.717, 1.165) is 55.4 Å². The van der Waals surface area contributed by atoms with Gasteiger partial charge in [0.05, 0.1) is 17.1 Å². The highest BCUT2D eigenvalue weighted by Crippen LogP contribution is 2.50. The molecule has 1 aromatic heterocycles. The Labute approximate surface area is 337 Å². The summed E-state index contributed by atoms with van der Waals surface area (Å²) in [6.45, 7) is 7.77. The van der Waals surface area contributed by atoms with Crippen LogP contribution in [0.4, 0.5) is 4.39 Å². The summed E-state index contributed by atoms with van der Waals surface area (Å²) in [5, 5.41) is 11.4. The van der Waals surface area contributed by atoms with Gasteiger partial charge in [-0.05, 0) is 74.2 Å². The van der Waals surface area contributed by atoms with E-state index >= 15 is 4.79 Å². The van der Waals surface area contributed by atoms with Gasteiger partial charge >= 0.3 is 0 Å². The summed E-state index contributed by atoms with van der Waals surface area (Å²) in [6.07, 6.45) is 10.9. The summed E-state index contributed by atoms with van der Waals surface area (Å²) in [6, 6.07) is 0.268. The Morgan fingerprint density at radius 2 is 1.74 bits per heavy atom. The number of Topliss-reactive ketones (excluding diaryl/α,β-unsaturated/α-hetero) is 1. The van der Waals surface area contributed by atoms with Crippen LogP contribution in [0.1, 0.15) is 108 Å². The minimum absolute atomic E-state index is 0.0416. The number of hydrogen-bond acceptors (Lipinski definition) is 10. The predicted molar refractivity (Wildman–Crippen MR) is 211 cm³/mol. The number of amides is 5. The molecule has 1 spiro atoms. The number of carbonyl (C=O) groups is 6. The molecule has 5 amide bonds. The number of likely N-dealkylation sites (tertiary alicyclic amines) is 1. The molecule has 0 bridgehead atoms. The van der Waals surface area contributed by atoms with Gasteiger partial charge in [0.15, 0.2) is 0 Å². The van der Waals surface area contributed by atoms with Crippen LogP contribution in [0, 0.1) is 17.2 Å². The van der Waals surface area contributed by atoms with Crippen LogP contribution in [0.5, 0.6) is 0 Å². The Hall–Kier alpha value is -4.44. The number of nitrogens with zero attached hydrogens (tertiary/aromatic N) is 4. The van der Waals surface area contributed by atoms with E-state index in [0.29, 0.717) is 13.0 Å². The third kappa shape index (κ3) is 9.82. The Morgan fingerprint density at radius 3 is 2.39 bits per heavy atom. The molecule has 2 aliphatic heterocycles. The number of hydrogen-bond donors (Lipinski definition) is 4. The third-order valence-corrected chi connectivity index (χ3v) is 13.2. The number of carbonyl (C=O) groups excluding carboxylic acids is 6. The first-order valence-corrected chi connectivity index (χ1v) is 20.9. The maximum absolute atomic E-state index is 15.1. The van der Waals surface area contributed by atoms with E-state index < -0.39 is 69.8 Å². The van der Waals surface area contributed by atoms with Gasteiger partial charge in [-0.25, -0.2) is 9.37 Å². The molecule has 2 aliphatic carbocycles. The SMILES string of the molecule is CCCC(NC(=O)[C@@H]1CC2(CN1C(=O)[C@@H](NC(=O)[C@@H](NC(=O)c1cnccn1)C1CCCCC1)C(C)(C)C)Sc1ccc(F)cc1CN2C)C(=O)C(=O)NC1CC1. The van der Waals surface area contributed by atoms with Gasteiger partial charge in [-0.3, -0.25) is 38.7 Å². The van der Waals surface area contributed by atoms with Crippen molar-refractivity contribution in [2.24, 2.45) is 11.3 Å². The van der Waals surface area contributed by atoms with Crippen molar-refractivity contribution in [3.63, 3.8) is 0 Å². The monoisotopic (exact) mass is 806 g/mol. The molecule has 3 fully saturated rings. The van der Waals surface area contributed by atoms with Gasteiger partial charge in [-0.2, -0.15) is 0 Å². The van der Waals surface area contributed by atoms with Crippen molar-refractivity contribution < 1.29 is 33.2 Å². The molecule has 4 aliphatic rings. The Bertz CT molecular complexity index is 1850. The number of ketones is 1. The first-order chi connectivity index (χ1) is 27.1. The molecule has 0 radical (unpaired) electrons. The molecule has 1 aromatic carbocycles. The highest BCUT2D eigenvalue weighted by atomic mass is 32.2. The van der Waals surface area contributed by atoms with Crippen molar-refractivity contribution in [3.05, 3.63) is 53.9 Å². The fourth-order valence-electron chi connectivity index (χ4n) is 8.13. The van der Waals surface area contributed by atoms with Gasteiger partial charge in [0.2, 0.25) is 23.5 Å². The van der Waals surface area contributed by atoms with Gasteiger partial charge in [0.1, 0.15) is 29.6 Å². The smallest absolute Gasteiger partial charge is 0.289 e. The van der Waals surface area contributed by atoms with Crippen LogP contribution >= 0.6 is 11.8 Å². The fourth-order valence-corrected chi connectivity index (χ4v) is 9.60. The summed E-state index contributed by atoms with van der Waals surface area (Å²) in [7, 11) is 1.87. The highest BCUT2D eigenvalue weighted by molar-refractivity contribution is 8.00. The molecular weight excluding hydrogens is 752 g/mol. The average molecular weight is 807 g/mol. The maximum atomic E-state index is 15.1. The summed E-state index contributed by atoms with van der Waals surface area (Å²) in [4.78, 5) is 95.2. The molecule has 14 nitrogen and oxygen atoms in total. The lowest BCUT2D eigenvalue weighted by Crippen LogP contribution is -2.62. The van der Waals surface area contributed by atoms with Crippen molar-refractivity contribution >= 4 is 47.1 Å². The number of thioether (sulfide) groups is 1. The zero-order valence-electron chi connectivity index (χ0n) is 33.4. The zero-order valence-corrected chi connectivity index (χ0v) is 34.3. The molecule has 2 unspecified atom stereocenters. The van der Waals surface area contributed by atoms with Crippen LogP contribution in [0.15, 0.2) is 41.7 Å². The van der Waals surface area contributed by atoms with E-state index in [2.05, 4.69) is 31.2 Å². The van der Waals surface area contributed by atoms with Gasteiger partial charge in [0, 0.05) is 42.8 Å². The summed E-state index contributed by atoms with van der Waals surface area (Å²) >= 11 is 1.45. The second-order valence-corrected chi connectivity index (χ2v) is 18.5. The normalized spacial score (nSPS) is 22.8. The van der Waals surface area contributed by atoms with Crippen LogP contribution in [0.3, 0.4) is 0 Å². The first kappa shape index (κ1) is 42.2. The molecule has 1 saturated heterocycles. The number of nitrogens with one attached hydrogen (secondary N) is 4. The molecule has 57 heavy (non-hydrogen) atoms. The number of halogens is 1. The fraction of sp³-hybridized carbons (Fsp3) is 0.610. The lowest BCUT2D eigenvalue weighted by atomic mass is 9.82. The summed E-state index contributed by atoms with van der Waals surface area (Å²) < 4.78 is 14.3. The second kappa shape index (κ2) is 17.6. The standard InChI is InChI=1S/C41H55FN8O6S/c1-6-10-28(33(51)38(55)45-27-14-15-27)46-36(53)30-20-41(49(5)22-25-19-26(42)13-16-31(25)57-41)23-50(30)39(56)34(40(2,3)4)48-37(54)32(24-11-8-7-9-12-24)47-35(52)29-21-43-17-18-44-29/h13,16-19,21,24,27-28,30,32,34H,6-12,14-15,20,22-23H2,1-5H3,(H,45,55)(H,46,53)(H,47,52)(H,48,54)/t28?,30-,32-,34+,41?/m0/s1. The Kier molecular flexibility index (Phi) is 13.0. The average Bonchev–Trinajstić information content (AvgIpc) is 3.92. The molecule has 5 atom stereocenters. The molecular formula is C41H55FN8O6S. The van der Waals surface area contributed by atoms with Crippen LogP contribution < -0.4 is 21.3 Å². The zero-order chi connectivity index (χ0) is 41.1. The van der Waals surface area contributed by atoms with Gasteiger partial charge in [0.25, 0.3) is 11.8 Å². The van der Waals surface area contributed by atoms with E-state index in [1.807, 2.05) is 39.6 Å². The molecule has 3 heterocycles. The van der Waals surface area contributed by atoms with Gasteiger partial charge in [-0.1, -0.05) is 53.4 Å². The van der Waals surface area contributed by atoms with Crippen LogP contribution in [0.2, 0.25) is 0 Å². The van der Waals surface area contributed by atoms with Crippen LogP contribution in [-0.2, 0) is 30.5 Å². The minimum Gasteiger partial charge on any atom is -0.347 e. The predicted octanol–water partition coefficient (Wildman–Crippen LogP) is 3.49. The molecule has 4 N–H and O–H groups in total. The summed E-state index contributed by atoms with van der Waals surface area (Å²) in [5.74, 6) is -4.17. The van der Waals surface area contributed by atoms with Crippen molar-refractivity contribution in [1.82, 2.24) is 41.0 Å². The Balaban J connectivity index is 1.30. The van der Waals surface area contributed by atoms with E-state index in [1.165, 1.54) is 47.4 Å². The molecule has 16 heteroatoms. The van der Waals surface area contributed by atoms with E-state index in [9.17, 15) is 28.4 Å². The van der Waals surface area contributed by atoms with Crippen molar-refractivity contribution in [2.45, 2.75) is 138 Å². The number of fused-ring (bicyclic) bond motifs is 1. The third-order valence-electron chi connectivity index (χ3n) is 11.5. The number of benzene rings is 1. The largest absolute Gasteiger partial charge is 0.347 e. The lowest BCUT2D eigenvalue weighted by molar-refractivity contribution is -0.145. The molecule has 2 saturated carbocycles. The number of likely N-dealkylation sites (N-methyl/N-ethyl adjacent to an activating group) is 1.